The number of carbonyl (C=O) groups is 1. The Bertz CT molecular complexity index is 417. The van der Waals surface area contributed by atoms with Crippen molar-refractivity contribution >= 4 is 11.6 Å². The number of amides is 1. The second-order valence-corrected chi connectivity index (χ2v) is 4.63. The van der Waals surface area contributed by atoms with Gasteiger partial charge < -0.3 is 15.4 Å². The smallest absolute Gasteiger partial charge is 0.253 e. The number of pyridine rings is 1. The van der Waals surface area contributed by atoms with E-state index in [0.717, 1.165) is 38.1 Å². The Morgan fingerprint density at radius 3 is 3.21 bits per heavy atom. The summed E-state index contributed by atoms with van der Waals surface area (Å²) < 4.78 is 5.53. The lowest BCUT2D eigenvalue weighted by atomic mass is 10.1. The van der Waals surface area contributed by atoms with Crippen molar-refractivity contribution in [1.29, 1.82) is 0 Å². The molecule has 0 aliphatic carbocycles. The standard InChI is InChI=1S/C14H21N3O2/c1-2-16-13-10-15-7-6-12(13)14(18)17-8-5-11-4-3-9-19-11/h6-7,10-11,16H,2-5,8-9H2,1H3,(H,17,18). The van der Waals surface area contributed by atoms with Crippen molar-refractivity contribution in [3.8, 4) is 0 Å². The zero-order valence-electron chi connectivity index (χ0n) is 11.3. The van der Waals surface area contributed by atoms with Crippen LogP contribution in [-0.4, -0.2) is 36.7 Å². The first kappa shape index (κ1) is 13.8. The molecular weight excluding hydrogens is 242 g/mol. The summed E-state index contributed by atoms with van der Waals surface area (Å²) >= 11 is 0. The minimum Gasteiger partial charge on any atom is -0.383 e. The normalized spacial score (nSPS) is 18.3. The van der Waals surface area contributed by atoms with Crippen LogP contribution in [0.3, 0.4) is 0 Å². The van der Waals surface area contributed by atoms with E-state index >= 15 is 0 Å². The third kappa shape index (κ3) is 3.92. The van der Waals surface area contributed by atoms with Gasteiger partial charge in [0, 0.05) is 25.9 Å². The first-order chi connectivity index (χ1) is 9.31. The maximum Gasteiger partial charge on any atom is 0.253 e. The number of anilines is 1. The van der Waals surface area contributed by atoms with Gasteiger partial charge in [-0.3, -0.25) is 9.78 Å². The number of nitrogens with zero attached hydrogens (tertiary/aromatic N) is 1. The molecule has 0 aromatic carbocycles. The number of rotatable bonds is 6. The number of aromatic nitrogens is 1. The largest absolute Gasteiger partial charge is 0.383 e. The molecule has 5 nitrogen and oxygen atoms in total. The highest BCUT2D eigenvalue weighted by molar-refractivity contribution is 5.99. The maximum absolute atomic E-state index is 12.1. The van der Waals surface area contributed by atoms with E-state index in [-0.39, 0.29) is 5.91 Å². The molecule has 1 aromatic heterocycles. The summed E-state index contributed by atoms with van der Waals surface area (Å²) in [6.45, 7) is 4.26. The minimum atomic E-state index is -0.0589. The van der Waals surface area contributed by atoms with Gasteiger partial charge in [-0.1, -0.05) is 0 Å². The van der Waals surface area contributed by atoms with Gasteiger partial charge in [0.1, 0.15) is 0 Å². The van der Waals surface area contributed by atoms with Crippen LogP contribution in [0, 0.1) is 0 Å². The lowest BCUT2D eigenvalue weighted by Crippen LogP contribution is -2.27. The van der Waals surface area contributed by atoms with E-state index in [4.69, 9.17) is 4.74 Å². The van der Waals surface area contributed by atoms with Crippen LogP contribution >= 0.6 is 0 Å². The molecule has 2 N–H and O–H groups in total. The minimum absolute atomic E-state index is 0.0589. The molecule has 0 saturated carbocycles. The molecular formula is C14H21N3O2. The SMILES string of the molecule is CCNc1cnccc1C(=O)NCCC1CCCO1. The Labute approximate surface area is 113 Å². The summed E-state index contributed by atoms with van der Waals surface area (Å²) in [4.78, 5) is 16.1. The number of ether oxygens (including phenoxy) is 1. The Balaban J connectivity index is 1.84. The van der Waals surface area contributed by atoms with Crippen molar-refractivity contribution in [3.05, 3.63) is 24.0 Å². The quantitative estimate of drug-likeness (QED) is 0.821. The third-order valence-corrected chi connectivity index (χ3v) is 3.21. The highest BCUT2D eigenvalue weighted by Crippen LogP contribution is 2.15. The summed E-state index contributed by atoms with van der Waals surface area (Å²) in [6.07, 6.45) is 6.74. The summed E-state index contributed by atoms with van der Waals surface area (Å²) in [7, 11) is 0. The highest BCUT2D eigenvalue weighted by Gasteiger charge is 2.16. The predicted octanol–water partition coefficient (Wildman–Crippen LogP) is 1.81. The van der Waals surface area contributed by atoms with E-state index in [9.17, 15) is 4.79 Å². The Hall–Kier alpha value is -1.62. The van der Waals surface area contributed by atoms with Gasteiger partial charge in [0.2, 0.25) is 0 Å². The fraction of sp³-hybridized carbons (Fsp3) is 0.571. The molecule has 5 heteroatoms. The number of nitrogens with one attached hydrogen (secondary N) is 2. The average Bonchev–Trinajstić information content (AvgIpc) is 2.93. The summed E-state index contributed by atoms with van der Waals surface area (Å²) in [5.41, 5.74) is 1.42. The van der Waals surface area contributed by atoms with Crippen molar-refractivity contribution in [2.24, 2.45) is 0 Å². The van der Waals surface area contributed by atoms with Gasteiger partial charge in [-0.25, -0.2) is 0 Å². The molecule has 1 aromatic rings. The number of hydrogen-bond acceptors (Lipinski definition) is 4. The van der Waals surface area contributed by atoms with Crippen molar-refractivity contribution in [2.45, 2.75) is 32.3 Å². The fourth-order valence-electron chi connectivity index (χ4n) is 2.24. The molecule has 1 aliphatic rings. The molecule has 2 rings (SSSR count). The lowest BCUT2D eigenvalue weighted by Gasteiger charge is -2.12. The number of hydrogen-bond donors (Lipinski definition) is 2. The van der Waals surface area contributed by atoms with Crippen LogP contribution in [-0.2, 0) is 4.74 Å². The molecule has 0 spiro atoms. The van der Waals surface area contributed by atoms with Gasteiger partial charge in [0.25, 0.3) is 5.91 Å². The Morgan fingerprint density at radius 1 is 1.58 bits per heavy atom. The second-order valence-electron chi connectivity index (χ2n) is 4.63. The summed E-state index contributed by atoms with van der Waals surface area (Å²) in [5.74, 6) is -0.0589. The van der Waals surface area contributed by atoms with Gasteiger partial charge in [0.05, 0.1) is 23.6 Å². The van der Waals surface area contributed by atoms with Crippen LogP contribution in [0.5, 0.6) is 0 Å². The second kappa shape index (κ2) is 7.09. The molecule has 1 fully saturated rings. The van der Waals surface area contributed by atoms with E-state index < -0.39 is 0 Å². The number of carbonyl (C=O) groups excluding carboxylic acids is 1. The van der Waals surface area contributed by atoms with Crippen LogP contribution in [0.25, 0.3) is 0 Å². The van der Waals surface area contributed by atoms with Crippen LogP contribution in [0.2, 0.25) is 0 Å². The van der Waals surface area contributed by atoms with Gasteiger partial charge in [-0.05, 0) is 32.3 Å². The first-order valence-electron chi connectivity index (χ1n) is 6.89. The van der Waals surface area contributed by atoms with Crippen molar-refractivity contribution < 1.29 is 9.53 Å². The van der Waals surface area contributed by atoms with E-state index in [2.05, 4.69) is 15.6 Å². The zero-order chi connectivity index (χ0) is 13.5. The average molecular weight is 263 g/mol. The van der Waals surface area contributed by atoms with Crippen LogP contribution in [0.15, 0.2) is 18.5 Å². The van der Waals surface area contributed by atoms with Crippen molar-refractivity contribution in [2.75, 3.05) is 25.0 Å². The molecule has 1 aliphatic heterocycles. The predicted molar refractivity (Wildman–Crippen MR) is 74.3 cm³/mol. The lowest BCUT2D eigenvalue weighted by molar-refractivity contribution is 0.0908. The fourth-order valence-corrected chi connectivity index (χ4v) is 2.24. The third-order valence-electron chi connectivity index (χ3n) is 3.21. The van der Waals surface area contributed by atoms with Gasteiger partial charge in [-0.2, -0.15) is 0 Å². The van der Waals surface area contributed by atoms with Crippen molar-refractivity contribution in [3.63, 3.8) is 0 Å². The molecule has 2 heterocycles. The topological polar surface area (TPSA) is 63.2 Å². The van der Waals surface area contributed by atoms with Gasteiger partial charge in [0.15, 0.2) is 0 Å². The Kier molecular flexibility index (Phi) is 5.15. The van der Waals surface area contributed by atoms with Crippen LogP contribution in [0.4, 0.5) is 5.69 Å². The van der Waals surface area contributed by atoms with E-state index in [1.54, 1.807) is 18.5 Å². The highest BCUT2D eigenvalue weighted by atomic mass is 16.5. The monoisotopic (exact) mass is 263 g/mol. The molecule has 1 amide bonds. The molecule has 0 radical (unpaired) electrons. The molecule has 104 valence electrons. The van der Waals surface area contributed by atoms with Crippen LogP contribution in [0.1, 0.15) is 36.5 Å². The summed E-state index contributed by atoms with van der Waals surface area (Å²) in [6, 6.07) is 1.74. The van der Waals surface area contributed by atoms with Crippen molar-refractivity contribution in [1.82, 2.24) is 10.3 Å². The molecule has 1 atom stereocenters. The summed E-state index contributed by atoms with van der Waals surface area (Å²) in [5, 5.41) is 6.08. The van der Waals surface area contributed by atoms with Crippen LogP contribution < -0.4 is 10.6 Å². The molecule has 1 unspecified atom stereocenters. The molecule has 1 saturated heterocycles. The van der Waals surface area contributed by atoms with Gasteiger partial charge >= 0.3 is 0 Å². The Morgan fingerprint density at radius 2 is 2.47 bits per heavy atom. The molecule has 19 heavy (non-hydrogen) atoms. The first-order valence-corrected chi connectivity index (χ1v) is 6.89. The van der Waals surface area contributed by atoms with Gasteiger partial charge in [-0.15, -0.1) is 0 Å². The maximum atomic E-state index is 12.1. The van der Waals surface area contributed by atoms with E-state index in [1.165, 1.54) is 0 Å². The molecule has 0 bridgehead atoms. The zero-order valence-corrected chi connectivity index (χ0v) is 11.3. The van der Waals surface area contributed by atoms with E-state index in [1.807, 2.05) is 6.92 Å². The van der Waals surface area contributed by atoms with E-state index in [0.29, 0.717) is 18.2 Å².